The van der Waals surface area contributed by atoms with E-state index in [2.05, 4.69) is 15.3 Å². The van der Waals surface area contributed by atoms with E-state index in [-0.39, 0.29) is 4.85 Å². The molecule has 36 valence electrons. The molecular weight excluding hydrogens is 96.0 g/mol. The van der Waals surface area contributed by atoms with Crippen molar-refractivity contribution in [3.05, 3.63) is 17.9 Å². The van der Waals surface area contributed by atoms with Crippen LogP contribution in [0.2, 0.25) is 0 Å². The van der Waals surface area contributed by atoms with Crippen molar-refractivity contribution >= 4 is 0 Å². The van der Waals surface area contributed by atoms with Gasteiger partial charge in [0.15, 0.2) is 0 Å². The fourth-order valence-electron chi connectivity index (χ4n) is 0.214. The van der Waals surface area contributed by atoms with Gasteiger partial charge in [0.25, 0.3) is 6.33 Å². The van der Waals surface area contributed by atoms with E-state index in [1.54, 1.807) is 0 Å². The topological polar surface area (TPSA) is 65.6 Å². The van der Waals surface area contributed by atoms with Gasteiger partial charge in [-0.05, 0) is 0 Å². The zero-order valence-electron chi connectivity index (χ0n) is 3.35. The van der Waals surface area contributed by atoms with Crippen LogP contribution in [0.4, 0.5) is 0 Å². The fraction of sp³-hybridized carbons (Fsp3) is 0. The highest BCUT2D eigenvalue weighted by molar-refractivity contribution is 4.33. The third-order valence-corrected chi connectivity index (χ3v) is 0.424. The van der Waals surface area contributed by atoms with Crippen LogP contribution in [0.3, 0.4) is 0 Å². The average Bonchev–Trinajstić information content (AvgIpc) is 1.69. The zero-order chi connectivity index (χ0) is 5.11. The van der Waals surface area contributed by atoms with Gasteiger partial charge in [0.1, 0.15) is 0 Å². The summed E-state index contributed by atoms with van der Waals surface area (Å²) in [5, 5.41) is 16.2. The second kappa shape index (κ2) is 1.46. The average molecular weight is 98.1 g/mol. The lowest BCUT2D eigenvalue weighted by Gasteiger charge is -1.89. The highest BCUT2D eigenvalue weighted by Gasteiger charge is 1.78. The first-order valence-corrected chi connectivity index (χ1v) is 1.62. The second-order valence-corrected chi connectivity index (χ2v) is 0.887. The van der Waals surface area contributed by atoms with Gasteiger partial charge in [-0.25, -0.2) is 0 Å². The van der Waals surface area contributed by atoms with Crippen molar-refractivity contribution in [2.24, 2.45) is 0 Å². The molecule has 0 N–H and O–H groups in total. The van der Waals surface area contributed by atoms with Gasteiger partial charge in [0, 0.05) is 5.10 Å². The number of rotatable bonds is 0. The standard InChI is InChI=1S/C2H2N4O/c7-6-2-3-1-4-5-6/h1-2H. The highest BCUT2D eigenvalue weighted by Crippen LogP contribution is 1.49. The molecule has 0 fully saturated rings. The largest absolute Gasteiger partial charge is 0.722 e. The molecule has 0 spiro atoms. The Bertz CT molecular complexity index is 140. The van der Waals surface area contributed by atoms with Crippen LogP contribution in [-0.4, -0.2) is 15.3 Å². The lowest BCUT2D eigenvalue weighted by molar-refractivity contribution is -0.678. The molecule has 0 atom stereocenters. The van der Waals surface area contributed by atoms with Crippen LogP contribution in [0.1, 0.15) is 0 Å². The molecule has 5 nitrogen and oxygen atoms in total. The molecule has 1 rings (SSSR count). The van der Waals surface area contributed by atoms with Crippen molar-refractivity contribution in [1.82, 2.24) is 15.3 Å². The van der Waals surface area contributed by atoms with Crippen LogP contribution < -0.4 is 4.85 Å². The van der Waals surface area contributed by atoms with E-state index < -0.39 is 0 Å². The Balaban J connectivity index is 3.02. The lowest BCUT2D eigenvalue weighted by atomic mass is 11.2. The molecule has 0 aliphatic heterocycles. The highest BCUT2D eigenvalue weighted by atomic mass is 16.5. The first-order chi connectivity index (χ1) is 3.39. The summed E-state index contributed by atoms with van der Waals surface area (Å²) in [6.07, 6.45) is 2.21. The van der Waals surface area contributed by atoms with Gasteiger partial charge in [0.2, 0.25) is 6.33 Å². The lowest BCUT2D eigenvalue weighted by Crippen LogP contribution is -2.31. The Morgan fingerprint density at radius 3 is 2.71 bits per heavy atom. The molecule has 0 saturated carbocycles. The van der Waals surface area contributed by atoms with Gasteiger partial charge in [-0.15, -0.1) is 4.85 Å². The van der Waals surface area contributed by atoms with Gasteiger partial charge < -0.3 is 5.21 Å². The van der Waals surface area contributed by atoms with Crippen LogP contribution in [-0.2, 0) is 0 Å². The SMILES string of the molecule is [O-][n+]1cncnn1. The van der Waals surface area contributed by atoms with Crippen LogP contribution in [0.25, 0.3) is 0 Å². The van der Waals surface area contributed by atoms with E-state index in [1.807, 2.05) is 0 Å². The van der Waals surface area contributed by atoms with Gasteiger partial charge in [-0.3, -0.25) is 0 Å². The summed E-state index contributed by atoms with van der Waals surface area (Å²) in [5.74, 6) is 0. The predicted octanol–water partition coefficient (Wildman–Crippen LogP) is -1.50. The minimum Gasteiger partial charge on any atom is -0.722 e. The van der Waals surface area contributed by atoms with E-state index in [4.69, 9.17) is 0 Å². The molecule has 0 bridgehead atoms. The van der Waals surface area contributed by atoms with Crippen molar-refractivity contribution < 1.29 is 4.85 Å². The maximum Gasteiger partial charge on any atom is 0.289 e. The molecule has 0 saturated heterocycles. The molecule has 0 aliphatic carbocycles. The normalized spacial score (nSPS) is 8.57. The predicted molar refractivity (Wildman–Crippen MR) is 18.8 cm³/mol. The molecule has 0 aliphatic rings. The number of nitrogens with zero attached hydrogens (tertiary/aromatic N) is 4. The molecule has 7 heavy (non-hydrogen) atoms. The monoisotopic (exact) mass is 98.0 g/mol. The smallest absolute Gasteiger partial charge is 0.289 e. The quantitative estimate of drug-likeness (QED) is 0.293. The second-order valence-electron chi connectivity index (χ2n) is 0.887. The van der Waals surface area contributed by atoms with Gasteiger partial charge in [0.05, 0.1) is 5.21 Å². The molecule has 0 aromatic carbocycles. The van der Waals surface area contributed by atoms with Crippen molar-refractivity contribution in [3.63, 3.8) is 0 Å². The van der Waals surface area contributed by atoms with Crippen molar-refractivity contribution in [2.75, 3.05) is 0 Å². The molecule has 1 aromatic heterocycles. The summed E-state index contributed by atoms with van der Waals surface area (Å²) in [6, 6.07) is 0. The van der Waals surface area contributed by atoms with Gasteiger partial charge in [-0.1, -0.05) is 4.98 Å². The van der Waals surface area contributed by atoms with Crippen molar-refractivity contribution in [2.45, 2.75) is 0 Å². The van der Waals surface area contributed by atoms with E-state index in [0.717, 1.165) is 6.33 Å². The summed E-state index contributed by atoms with van der Waals surface area (Å²) in [6.45, 7) is 0. The Morgan fingerprint density at radius 1 is 1.57 bits per heavy atom. The van der Waals surface area contributed by atoms with Crippen LogP contribution >= 0.6 is 0 Å². The van der Waals surface area contributed by atoms with E-state index in [0.29, 0.717) is 0 Å². The van der Waals surface area contributed by atoms with E-state index >= 15 is 0 Å². The first kappa shape index (κ1) is 3.91. The number of hydrogen-bond acceptors (Lipinski definition) is 4. The molecular formula is C2H2N4O. The minimum atomic E-state index is 0.278. The fourth-order valence-corrected chi connectivity index (χ4v) is 0.214. The van der Waals surface area contributed by atoms with E-state index in [1.165, 1.54) is 6.33 Å². The van der Waals surface area contributed by atoms with Gasteiger partial charge >= 0.3 is 0 Å². The van der Waals surface area contributed by atoms with Gasteiger partial charge in [-0.2, -0.15) is 0 Å². The van der Waals surface area contributed by atoms with Crippen LogP contribution in [0.5, 0.6) is 0 Å². The first-order valence-electron chi connectivity index (χ1n) is 1.62. The third-order valence-electron chi connectivity index (χ3n) is 0.424. The zero-order valence-corrected chi connectivity index (χ0v) is 3.35. The molecule has 1 heterocycles. The third kappa shape index (κ3) is 0.783. The Kier molecular flexibility index (Phi) is 0.816. The van der Waals surface area contributed by atoms with Crippen LogP contribution in [0.15, 0.2) is 12.7 Å². The summed E-state index contributed by atoms with van der Waals surface area (Å²) < 4.78 is 0. The summed E-state index contributed by atoms with van der Waals surface area (Å²) >= 11 is 0. The van der Waals surface area contributed by atoms with Crippen LogP contribution in [0, 0.1) is 5.21 Å². The molecule has 0 unspecified atom stereocenters. The van der Waals surface area contributed by atoms with E-state index in [9.17, 15) is 5.21 Å². The molecule has 1 aromatic rings. The molecule has 5 heteroatoms. The Morgan fingerprint density at radius 2 is 2.43 bits per heavy atom. The summed E-state index contributed by atoms with van der Waals surface area (Å²) in [5.41, 5.74) is 0. The number of hydrogen-bond donors (Lipinski definition) is 0. The maximum absolute atomic E-state index is 9.95. The summed E-state index contributed by atoms with van der Waals surface area (Å²) in [7, 11) is 0. The van der Waals surface area contributed by atoms with Crippen molar-refractivity contribution in [1.29, 1.82) is 0 Å². The molecule has 0 radical (unpaired) electrons. The van der Waals surface area contributed by atoms with Crippen molar-refractivity contribution in [3.8, 4) is 0 Å². The maximum atomic E-state index is 9.95. The summed E-state index contributed by atoms with van der Waals surface area (Å²) in [4.78, 5) is 3.64. The number of aromatic nitrogens is 4. The Hall–Kier alpha value is -1.26. The minimum absolute atomic E-state index is 0.278. The molecule has 0 amide bonds. The Labute approximate surface area is 39.2 Å².